The molecule has 0 saturated heterocycles. The molecule has 1 aromatic heterocycles. The van der Waals surface area contributed by atoms with Gasteiger partial charge in [-0.05, 0) is 18.2 Å². The van der Waals surface area contributed by atoms with Crippen LogP contribution in [0.5, 0.6) is 0 Å². The lowest BCUT2D eigenvalue weighted by molar-refractivity contribution is 0.587. The molecular formula is C13H14Cl2N2S. The van der Waals surface area contributed by atoms with Gasteiger partial charge in [0.2, 0.25) is 0 Å². The van der Waals surface area contributed by atoms with Crippen LogP contribution in [0.1, 0.15) is 18.9 Å². The lowest BCUT2D eigenvalue weighted by Crippen LogP contribution is -2.21. The molecule has 1 aromatic carbocycles. The molecule has 5 heteroatoms. The van der Waals surface area contributed by atoms with Gasteiger partial charge in [0.05, 0.1) is 10.7 Å². The molecule has 0 bridgehead atoms. The van der Waals surface area contributed by atoms with Crippen LogP contribution in [-0.4, -0.2) is 11.0 Å². The van der Waals surface area contributed by atoms with Crippen molar-refractivity contribution in [2.45, 2.75) is 26.4 Å². The summed E-state index contributed by atoms with van der Waals surface area (Å²) in [6.45, 7) is 5.01. The van der Waals surface area contributed by atoms with Crippen LogP contribution in [0.4, 0.5) is 0 Å². The predicted octanol–water partition coefficient (Wildman–Crippen LogP) is 4.61. The number of nitrogens with zero attached hydrogens (tertiary/aromatic N) is 1. The Kier molecular flexibility index (Phi) is 4.62. The minimum atomic E-state index is 0.451. The molecule has 0 aliphatic heterocycles. The number of halogens is 2. The Labute approximate surface area is 121 Å². The average molecular weight is 301 g/mol. The van der Waals surface area contributed by atoms with E-state index in [2.05, 4.69) is 24.1 Å². The summed E-state index contributed by atoms with van der Waals surface area (Å²) in [5.74, 6) is 0. The first-order chi connectivity index (χ1) is 8.56. The number of rotatable bonds is 4. The summed E-state index contributed by atoms with van der Waals surface area (Å²) in [6.07, 6.45) is 0. The van der Waals surface area contributed by atoms with Crippen molar-refractivity contribution < 1.29 is 0 Å². The number of nitrogens with one attached hydrogen (secondary N) is 1. The Balaban J connectivity index is 2.21. The molecule has 0 fully saturated rings. The topological polar surface area (TPSA) is 24.9 Å². The summed E-state index contributed by atoms with van der Waals surface area (Å²) in [5.41, 5.74) is 1.77. The largest absolute Gasteiger partial charge is 0.308 e. The van der Waals surface area contributed by atoms with E-state index in [1.807, 2.05) is 11.4 Å². The van der Waals surface area contributed by atoms with Crippen LogP contribution in [0.25, 0.3) is 11.3 Å². The van der Waals surface area contributed by atoms with E-state index in [4.69, 9.17) is 23.2 Å². The molecule has 0 amide bonds. The van der Waals surface area contributed by atoms with E-state index in [-0.39, 0.29) is 0 Å². The first-order valence-corrected chi connectivity index (χ1v) is 7.33. The average Bonchev–Trinajstić information content (AvgIpc) is 2.78. The third kappa shape index (κ3) is 3.45. The van der Waals surface area contributed by atoms with Crippen LogP contribution in [0.15, 0.2) is 23.6 Å². The monoisotopic (exact) mass is 300 g/mol. The molecule has 0 radical (unpaired) electrons. The Morgan fingerprint density at radius 2 is 2.11 bits per heavy atom. The normalized spacial score (nSPS) is 11.2. The molecule has 0 unspecified atom stereocenters. The predicted molar refractivity (Wildman–Crippen MR) is 79.5 cm³/mol. The zero-order valence-corrected chi connectivity index (χ0v) is 12.5. The number of hydrogen-bond donors (Lipinski definition) is 1. The van der Waals surface area contributed by atoms with Crippen molar-refractivity contribution in [2.24, 2.45) is 0 Å². The maximum atomic E-state index is 6.16. The molecule has 0 atom stereocenters. The number of benzene rings is 1. The van der Waals surface area contributed by atoms with Crippen molar-refractivity contribution in [3.63, 3.8) is 0 Å². The third-order valence-electron chi connectivity index (χ3n) is 2.42. The molecule has 1 heterocycles. The third-order valence-corrected chi connectivity index (χ3v) is 3.83. The zero-order chi connectivity index (χ0) is 13.1. The molecule has 96 valence electrons. The number of aromatic nitrogens is 1. The van der Waals surface area contributed by atoms with Crippen molar-refractivity contribution >= 4 is 34.5 Å². The van der Waals surface area contributed by atoms with Crippen LogP contribution in [-0.2, 0) is 6.54 Å². The van der Waals surface area contributed by atoms with E-state index in [0.29, 0.717) is 16.1 Å². The molecule has 0 spiro atoms. The van der Waals surface area contributed by atoms with Gasteiger partial charge in [0, 0.05) is 28.6 Å². The van der Waals surface area contributed by atoms with E-state index in [0.717, 1.165) is 22.8 Å². The van der Waals surface area contributed by atoms with Gasteiger partial charge in [0.15, 0.2) is 0 Å². The molecule has 18 heavy (non-hydrogen) atoms. The van der Waals surface area contributed by atoms with Crippen LogP contribution >= 0.6 is 34.5 Å². The van der Waals surface area contributed by atoms with Crippen molar-refractivity contribution in [1.29, 1.82) is 0 Å². The van der Waals surface area contributed by atoms with Crippen LogP contribution in [0.2, 0.25) is 10.0 Å². The fourth-order valence-corrected chi connectivity index (χ4v) is 2.63. The highest BCUT2D eigenvalue weighted by molar-refractivity contribution is 7.09. The van der Waals surface area contributed by atoms with Crippen LogP contribution in [0.3, 0.4) is 0 Å². The lowest BCUT2D eigenvalue weighted by atomic mass is 10.2. The number of thiazole rings is 1. The van der Waals surface area contributed by atoms with Gasteiger partial charge in [0.25, 0.3) is 0 Å². The molecule has 0 aliphatic rings. The van der Waals surface area contributed by atoms with Crippen molar-refractivity contribution in [3.05, 3.63) is 38.6 Å². The lowest BCUT2D eigenvalue weighted by Gasteiger charge is -2.04. The van der Waals surface area contributed by atoms with Gasteiger partial charge >= 0.3 is 0 Å². The van der Waals surface area contributed by atoms with Gasteiger partial charge in [0.1, 0.15) is 5.01 Å². The quantitative estimate of drug-likeness (QED) is 0.891. The molecule has 0 aliphatic carbocycles. The van der Waals surface area contributed by atoms with Crippen molar-refractivity contribution in [3.8, 4) is 11.3 Å². The zero-order valence-electron chi connectivity index (χ0n) is 10.2. The first kappa shape index (κ1) is 13.8. The summed E-state index contributed by atoms with van der Waals surface area (Å²) in [6, 6.07) is 5.87. The Bertz CT molecular complexity index is 538. The summed E-state index contributed by atoms with van der Waals surface area (Å²) in [4.78, 5) is 4.57. The minimum absolute atomic E-state index is 0.451. The van der Waals surface area contributed by atoms with Gasteiger partial charge in [-0.2, -0.15) is 0 Å². The van der Waals surface area contributed by atoms with E-state index in [1.165, 1.54) is 0 Å². The summed E-state index contributed by atoms with van der Waals surface area (Å²) >= 11 is 13.8. The maximum absolute atomic E-state index is 6.16. The Morgan fingerprint density at radius 1 is 1.33 bits per heavy atom. The summed E-state index contributed by atoms with van der Waals surface area (Å²) in [7, 11) is 0. The van der Waals surface area contributed by atoms with Gasteiger partial charge in [-0.1, -0.05) is 37.0 Å². The van der Waals surface area contributed by atoms with Crippen LogP contribution in [0, 0.1) is 0 Å². The van der Waals surface area contributed by atoms with Gasteiger partial charge in [-0.25, -0.2) is 4.98 Å². The van der Waals surface area contributed by atoms with Gasteiger partial charge in [-0.15, -0.1) is 11.3 Å². The fourth-order valence-electron chi connectivity index (χ4n) is 1.50. The number of hydrogen-bond acceptors (Lipinski definition) is 3. The molecule has 2 nitrogen and oxygen atoms in total. The van der Waals surface area contributed by atoms with E-state index >= 15 is 0 Å². The highest BCUT2D eigenvalue weighted by Crippen LogP contribution is 2.31. The van der Waals surface area contributed by atoms with Gasteiger partial charge < -0.3 is 5.32 Å². The molecular weight excluding hydrogens is 287 g/mol. The fraction of sp³-hybridized carbons (Fsp3) is 0.308. The molecule has 1 N–H and O–H groups in total. The summed E-state index contributed by atoms with van der Waals surface area (Å²) < 4.78 is 0. The SMILES string of the molecule is CC(C)NCc1nc(-c2cc(Cl)ccc2Cl)cs1. The second-order valence-corrected chi connectivity index (χ2v) is 6.07. The van der Waals surface area contributed by atoms with Crippen LogP contribution < -0.4 is 5.32 Å². The second kappa shape index (κ2) is 6.02. The Morgan fingerprint density at radius 3 is 2.83 bits per heavy atom. The van der Waals surface area contributed by atoms with Gasteiger partial charge in [-0.3, -0.25) is 0 Å². The Hall–Kier alpha value is -0.610. The first-order valence-electron chi connectivity index (χ1n) is 5.69. The van der Waals surface area contributed by atoms with E-state index in [9.17, 15) is 0 Å². The second-order valence-electron chi connectivity index (χ2n) is 4.29. The molecule has 2 aromatic rings. The molecule has 2 rings (SSSR count). The highest BCUT2D eigenvalue weighted by atomic mass is 35.5. The smallest absolute Gasteiger partial charge is 0.107 e. The standard InChI is InChI=1S/C13H14Cl2N2S/c1-8(2)16-6-13-17-12(7-18-13)10-5-9(14)3-4-11(10)15/h3-5,7-8,16H,6H2,1-2H3. The molecule has 0 saturated carbocycles. The minimum Gasteiger partial charge on any atom is -0.308 e. The van der Waals surface area contributed by atoms with Crippen molar-refractivity contribution in [2.75, 3.05) is 0 Å². The summed E-state index contributed by atoms with van der Waals surface area (Å²) in [5, 5.41) is 7.75. The van der Waals surface area contributed by atoms with E-state index < -0.39 is 0 Å². The van der Waals surface area contributed by atoms with E-state index in [1.54, 1.807) is 23.5 Å². The van der Waals surface area contributed by atoms with Crippen molar-refractivity contribution in [1.82, 2.24) is 10.3 Å². The maximum Gasteiger partial charge on any atom is 0.107 e. The highest BCUT2D eigenvalue weighted by Gasteiger charge is 2.09.